The first-order chi connectivity index (χ1) is 10.6. The molecule has 0 bridgehead atoms. The van der Waals surface area contributed by atoms with E-state index in [0.29, 0.717) is 10.9 Å². The fourth-order valence-corrected chi connectivity index (χ4v) is 4.07. The van der Waals surface area contributed by atoms with Gasteiger partial charge in [-0.3, -0.25) is 4.57 Å². The summed E-state index contributed by atoms with van der Waals surface area (Å²) in [5, 5.41) is 20.0. The van der Waals surface area contributed by atoms with Crippen LogP contribution in [0.5, 0.6) is 0 Å². The van der Waals surface area contributed by atoms with Crippen LogP contribution in [0.4, 0.5) is 0 Å². The summed E-state index contributed by atoms with van der Waals surface area (Å²) in [6, 6.07) is 18.9. The number of nitrogens with zero attached hydrogens (tertiary/aromatic N) is 1. The van der Waals surface area contributed by atoms with Crippen molar-refractivity contribution in [2.24, 2.45) is 0 Å². The molecule has 0 heterocycles. The van der Waals surface area contributed by atoms with Gasteiger partial charge in [0.1, 0.15) is 11.8 Å². The molecular formula is C17H16NO3P. The zero-order valence-electron chi connectivity index (χ0n) is 12.1. The Hall–Kier alpha value is -2.34. The molecule has 0 radical (unpaired) electrons. The third-order valence-electron chi connectivity index (χ3n) is 3.08. The van der Waals surface area contributed by atoms with E-state index in [4.69, 9.17) is 4.52 Å². The van der Waals surface area contributed by atoms with Gasteiger partial charge in [-0.05, 0) is 19.1 Å². The van der Waals surface area contributed by atoms with Gasteiger partial charge in [0.05, 0.1) is 6.61 Å². The van der Waals surface area contributed by atoms with Crippen molar-refractivity contribution in [3.63, 3.8) is 0 Å². The Labute approximate surface area is 129 Å². The lowest BCUT2D eigenvalue weighted by atomic mass is 10.2. The maximum absolute atomic E-state index is 13.3. The van der Waals surface area contributed by atoms with E-state index in [1.54, 1.807) is 67.6 Å². The third-order valence-corrected chi connectivity index (χ3v) is 5.58. The highest BCUT2D eigenvalue weighted by atomic mass is 31.2. The van der Waals surface area contributed by atoms with Gasteiger partial charge in [-0.25, -0.2) is 0 Å². The van der Waals surface area contributed by atoms with Gasteiger partial charge in [0.15, 0.2) is 5.31 Å². The van der Waals surface area contributed by atoms with Crippen LogP contribution in [0.3, 0.4) is 0 Å². The van der Waals surface area contributed by atoms with Gasteiger partial charge in [0, 0.05) is 10.9 Å². The molecule has 1 atom stereocenters. The van der Waals surface area contributed by atoms with Crippen molar-refractivity contribution in [1.29, 1.82) is 5.26 Å². The normalized spacial score (nSPS) is 14.5. The van der Waals surface area contributed by atoms with Crippen molar-refractivity contribution >= 4 is 18.4 Å². The summed E-state index contributed by atoms with van der Waals surface area (Å²) >= 11 is 0. The summed E-state index contributed by atoms with van der Waals surface area (Å²) in [7, 11) is -3.63. The highest BCUT2D eigenvalue weighted by Crippen LogP contribution is 2.55. The van der Waals surface area contributed by atoms with Gasteiger partial charge < -0.3 is 9.63 Å². The van der Waals surface area contributed by atoms with Crippen molar-refractivity contribution < 1.29 is 14.2 Å². The molecule has 2 aromatic rings. The second-order valence-electron chi connectivity index (χ2n) is 4.48. The van der Waals surface area contributed by atoms with E-state index in [0.717, 1.165) is 0 Å². The average molecular weight is 313 g/mol. The van der Waals surface area contributed by atoms with Crippen molar-refractivity contribution in [1.82, 2.24) is 0 Å². The van der Waals surface area contributed by atoms with Crippen molar-refractivity contribution in [3.05, 3.63) is 71.5 Å². The molecule has 0 spiro atoms. The van der Waals surface area contributed by atoms with Gasteiger partial charge >= 0.3 is 0 Å². The number of nitriles is 1. The molecule has 0 amide bonds. The summed E-state index contributed by atoms with van der Waals surface area (Å²) in [6.07, 6.45) is 0. The van der Waals surface area contributed by atoms with Crippen LogP contribution in [0.15, 0.2) is 66.0 Å². The molecule has 0 unspecified atom stereocenters. The first kappa shape index (κ1) is 16.0. The molecule has 112 valence electrons. The molecule has 4 nitrogen and oxygen atoms in total. The lowest BCUT2D eigenvalue weighted by Gasteiger charge is -2.18. The Balaban J connectivity index is 2.65. The second kappa shape index (κ2) is 7.09. The molecule has 2 rings (SSSR count). The molecule has 0 fully saturated rings. The van der Waals surface area contributed by atoms with E-state index >= 15 is 0 Å². The standard InChI is InChI=1S/C17H16NO3P/c1-2-21-22(20,15-11-7-4-8-12-15)16(13-18)17(19)14-9-5-3-6-10-14/h3-12,19H,2H2,1H3/b17-16+/t22-/m1/s1. The molecule has 1 N–H and O–H groups in total. The molecule has 22 heavy (non-hydrogen) atoms. The van der Waals surface area contributed by atoms with E-state index in [-0.39, 0.29) is 17.7 Å². The minimum atomic E-state index is -3.63. The Morgan fingerprint density at radius 3 is 2.18 bits per heavy atom. The number of rotatable bonds is 5. The van der Waals surface area contributed by atoms with Crippen LogP contribution in [0.2, 0.25) is 0 Å². The molecular weight excluding hydrogens is 297 g/mol. The van der Waals surface area contributed by atoms with Crippen LogP contribution >= 0.6 is 7.37 Å². The first-order valence-electron chi connectivity index (χ1n) is 6.83. The van der Waals surface area contributed by atoms with Crippen LogP contribution in [-0.4, -0.2) is 11.7 Å². The third kappa shape index (κ3) is 3.12. The highest BCUT2D eigenvalue weighted by Gasteiger charge is 2.34. The quantitative estimate of drug-likeness (QED) is 0.513. The van der Waals surface area contributed by atoms with Crippen molar-refractivity contribution in [2.75, 3.05) is 6.61 Å². The predicted molar refractivity (Wildman–Crippen MR) is 86.9 cm³/mol. The van der Waals surface area contributed by atoms with Gasteiger partial charge in [-0.15, -0.1) is 0 Å². The fraction of sp³-hybridized carbons (Fsp3) is 0.118. The predicted octanol–water partition coefficient (Wildman–Crippen LogP) is 4.08. The molecule has 0 saturated heterocycles. The Morgan fingerprint density at radius 1 is 1.14 bits per heavy atom. The number of benzene rings is 2. The summed E-state index contributed by atoms with van der Waals surface area (Å²) in [6.45, 7) is 1.86. The Bertz CT molecular complexity index is 748. The number of hydrogen-bond donors (Lipinski definition) is 1. The molecule has 0 aliphatic rings. The zero-order chi connectivity index (χ0) is 16.0. The van der Waals surface area contributed by atoms with E-state index < -0.39 is 7.37 Å². The topological polar surface area (TPSA) is 70.3 Å². The highest BCUT2D eigenvalue weighted by molar-refractivity contribution is 7.71. The lowest BCUT2D eigenvalue weighted by molar-refractivity contribution is 0.345. The van der Waals surface area contributed by atoms with Crippen molar-refractivity contribution in [2.45, 2.75) is 6.92 Å². The zero-order valence-corrected chi connectivity index (χ0v) is 13.0. The average Bonchev–Trinajstić information content (AvgIpc) is 2.57. The molecule has 0 aromatic heterocycles. The van der Waals surface area contributed by atoms with Crippen LogP contribution in [0.1, 0.15) is 12.5 Å². The molecule has 0 aliphatic carbocycles. The number of aliphatic hydroxyl groups is 1. The van der Waals surface area contributed by atoms with Crippen LogP contribution in [-0.2, 0) is 9.09 Å². The maximum Gasteiger partial charge on any atom is 0.275 e. The van der Waals surface area contributed by atoms with Crippen LogP contribution in [0.25, 0.3) is 5.76 Å². The maximum atomic E-state index is 13.3. The Kier molecular flexibility index (Phi) is 5.16. The monoisotopic (exact) mass is 313 g/mol. The first-order valence-corrected chi connectivity index (χ1v) is 8.45. The number of aliphatic hydroxyl groups excluding tert-OH is 1. The largest absolute Gasteiger partial charge is 0.506 e. The van der Waals surface area contributed by atoms with E-state index in [2.05, 4.69) is 0 Å². The molecule has 2 aromatic carbocycles. The molecule has 0 saturated carbocycles. The second-order valence-corrected chi connectivity index (χ2v) is 6.80. The Morgan fingerprint density at radius 2 is 1.68 bits per heavy atom. The van der Waals surface area contributed by atoms with Gasteiger partial charge in [0.25, 0.3) is 7.37 Å². The smallest absolute Gasteiger partial charge is 0.275 e. The minimum Gasteiger partial charge on any atom is -0.506 e. The lowest BCUT2D eigenvalue weighted by Crippen LogP contribution is -2.10. The summed E-state index contributed by atoms with van der Waals surface area (Å²) in [5.41, 5.74) is 0.426. The van der Waals surface area contributed by atoms with Crippen LogP contribution < -0.4 is 5.30 Å². The summed E-state index contributed by atoms with van der Waals surface area (Å²) in [4.78, 5) is 0. The van der Waals surface area contributed by atoms with E-state index in [1.165, 1.54) is 0 Å². The SMILES string of the molecule is CCO[P@@](=O)(/C(C#N)=C(/O)c1ccccc1)c1ccccc1. The molecule has 0 aliphatic heterocycles. The summed E-state index contributed by atoms with van der Waals surface area (Å²) < 4.78 is 18.7. The fourth-order valence-electron chi connectivity index (χ4n) is 2.07. The van der Waals surface area contributed by atoms with Gasteiger partial charge in [0.2, 0.25) is 0 Å². The minimum absolute atomic E-state index is 0.166. The van der Waals surface area contributed by atoms with E-state index in [1.807, 2.05) is 6.07 Å². The van der Waals surface area contributed by atoms with Gasteiger partial charge in [-0.2, -0.15) is 5.26 Å². The van der Waals surface area contributed by atoms with E-state index in [9.17, 15) is 14.9 Å². The number of allylic oxidation sites excluding steroid dienone is 1. The van der Waals surface area contributed by atoms with Gasteiger partial charge in [-0.1, -0.05) is 48.5 Å². The van der Waals surface area contributed by atoms with Crippen molar-refractivity contribution in [3.8, 4) is 6.07 Å². The van der Waals surface area contributed by atoms with Crippen LogP contribution in [0, 0.1) is 11.3 Å². The molecule has 5 heteroatoms. The number of hydrogen-bond acceptors (Lipinski definition) is 4. The summed E-state index contributed by atoms with van der Waals surface area (Å²) in [5.74, 6) is -0.316.